The fourth-order valence-corrected chi connectivity index (χ4v) is 3.32. The Balaban J connectivity index is 1.55. The zero-order valence-corrected chi connectivity index (χ0v) is 23.1. The quantitative estimate of drug-likeness (QED) is 0.0912. The molecule has 0 unspecified atom stereocenters. The van der Waals surface area contributed by atoms with Crippen LogP contribution in [-0.4, -0.2) is 83.1 Å². The minimum absolute atomic E-state index is 0.0168. The summed E-state index contributed by atoms with van der Waals surface area (Å²) in [5.41, 5.74) is -0.0521. The minimum atomic E-state index is -4.46. The van der Waals surface area contributed by atoms with E-state index >= 15 is 0 Å². The molecule has 2 aromatic carbocycles. The molecule has 0 saturated carbocycles. The van der Waals surface area contributed by atoms with Gasteiger partial charge in [-0.15, -0.1) is 0 Å². The van der Waals surface area contributed by atoms with Gasteiger partial charge in [0.25, 0.3) is 0 Å². The molecule has 0 heterocycles. The summed E-state index contributed by atoms with van der Waals surface area (Å²) in [6.07, 6.45) is -4.46. The van der Waals surface area contributed by atoms with E-state index in [1.54, 1.807) is 18.2 Å². The number of hydrogen-bond donors (Lipinski definition) is 1. The van der Waals surface area contributed by atoms with Crippen molar-refractivity contribution < 1.29 is 46.4 Å². The predicted octanol–water partition coefficient (Wildman–Crippen LogP) is 5.12. The topological polar surface area (TPSA) is 84.5 Å². The van der Waals surface area contributed by atoms with E-state index in [0.717, 1.165) is 23.2 Å². The molecule has 0 radical (unpaired) electrons. The lowest BCUT2D eigenvalue weighted by molar-refractivity contribution is -0.137. The van der Waals surface area contributed by atoms with Crippen molar-refractivity contribution in [3.05, 3.63) is 59.7 Å². The van der Waals surface area contributed by atoms with E-state index in [1.807, 2.05) is 0 Å². The van der Waals surface area contributed by atoms with Gasteiger partial charge in [0.15, 0.2) is 0 Å². The van der Waals surface area contributed by atoms with Crippen molar-refractivity contribution in [1.29, 1.82) is 0 Å². The van der Waals surface area contributed by atoms with Gasteiger partial charge in [-0.05, 0) is 30.3 Å². The van der Waals surface area contributed by atoms with Gasteiger partial charge in [-0.25, -0.2) is 4.79 Å². The molecule has 38 heavy (non-hydrogen) atoms. The SMILES string of the molecule is O=C(OCCOCCOCCOCCOCCOCCI)c1ccccc1Nc1cccc(C(F)(F)F)c1. The molecule has 8 nitrogen and oxygen atoms in total. The number of carbonyl (C=O) groups excluding carboxylic acids is 1. The zero-order valence-electron chi connectivity index (χ0n) is 21.0. The highest BCUT2D eigenvalue weighted by Gasteiger charge is 2.30. The Morgan fingerprint density at radius 3 is 1.79 bits per heavy atom. The molecule has 0 atom stereocenters. The molecule has 2 rings (SSSR count). The van der Waals surface area contributed by atoms with Crippen molar-refractivity contribution in [3.63, 3.8) is 0 Å². The van der Waals surface area contributed by atoms with Gasteiger partial charge >= 0.3 is 12.1 Å². The first-order chi connectivity index (χ1) is 18.4. The van der Waals surface area contributed by atoms with E-state index in [1.165, 1.54) is 18.2 Å². The van der Waals surface area contributed by atoms with Crippen molar-refractivity contribution in [2.75, 3.05) is 82.4 Å². The Bertz CT molecular complexity index is 934. The Hall–Kier alpha value is -1.97. The van der Waals surface area contributed by atoms with Crippen LogP contribution in [0.3, 0.4) is 0 Å². The van der Waals surface area contributed by atoms with Crippen molar-refractivity contribution in [2.45, 2.75) is 6.18 Å². The largest absolute Gasteiger partial charge is 0.460 e. The number of ether oxygens (including phenoxy) is 6. The standard InChI is InChI=1S/C26H33F3INO7/c27-26(28,29)21-4-3-5-22(20-21)31-24-7-2-1-6-23(24)25(32)38-19-18-37-17-16-36-15-14-35-13-12-34-11-10-33-9-8-30/h1-7,20,31H,8-19H2. The maximum Gasteiger partial charge on any atom is 0.416 e. The van der Waals surface area contributed by atoms with E-state index in [0.29, 0.717) is 58.5 Å². The fourth-order valence-electron chi connectivity index (χ4n) is 3.01. The fraction of sp³-hybridized carbons (Fsp3) is 0.500. The molecule has 0 spiro atoms. The van der Waals surface area contributed by atoms with Crippen LogP contribution in [0.4, 0.5) is 24.5 Å². The van der Waals surface area contributed by atoms with E-state index in [-0.39, 0.29) is 24.5 Å². The molecule has 0 amide bonds. The van der Waals surface area contributed by atoms with Gasteiger partial charge in [-0.2, -0.15) is 13.2 Å². The molecule has 212 valence electrons. The smallest absolute Gasteiger partial charge is 0.416 e. The molecule has 0 bridgehead atoms. The monoisotopic (exact) mass is 655 g/mol. The Morgan fingerprint density at radius 1 is 0.711 bits per heavy atom. The molecule has 2 aromatic rings. The van der Waals surface area contributed by atoms with Crippen LogP contribution in [0.2, 0.25) is 0 Å². The van der Waals surface area contributed by atoms with Crippen LogP contribution in [0.5, 0.6) is 0 Å². The maximum absolute atomic E-state index is 13.0. The van der Waals surface area contributed by atoms with Crippen LogP contribution in [-0.2, 0) is 34.6 Å². The molecule has 0 fully saturated rings. The first-order valence-corrected chi connectivity index (χ1v) is 13.6. The third kappa shape index (κ3) is 13.7. The van der Waals surface area contributed by atoms with Gasteiger partial charge in [0.2, 0.25) is 0 Å². The average Bonchev–Trinajstić information content (AvgIpc) is 2.90. The molecule has 0 aliphatic rings. The molecule has 12 heteroatoms. The van der Waals surface area contributed by atoms with Gasteiger partial charge in [-0.3, -0.25) is 0 Å². The van der Waals surface area contributed by atoms with Crippen LogP contribution in [0.15, 0.2) is 48.5 Å². The van der Waals surface area contributed by atoms with Crippen LogP contribution in [0, 0.1) is 0 Å². The Labute approximate surface area is 234 Å². The highest BCUT2D eigenvalue weighted by Crippen LogP contribution is 2.32. The van der Waals surface area contributed by atoms with Crippen LogP contribution >= 0.6 is 22.6 Å². The molecule has 1 N–H and O–H groups in total. The van der Waals surface area contributed by atoms with Gasteiger partial charge in [-0.1, -0.05) is 40.8 Å². The molecular formula is C26H33F3INO7. The number of anilines is 2. The summed E-state index contributed by atoms with van der Waals surface area (Å²) in [6, 6.07) is 11.2. The lowest BCUT2D eigenvalue weighted by atomic mass is 10.1. The molecule has 0 aliphatic heterocycles. The molecule has 0 aliphatic carbocycles. The normalized spacial score (nSPS) is 11.5. The van der Waals surface area contributed by atoms with Gasteiger partial charge in [0.1, 0.15) is 6.61 Å². The van der Waals surface area contributed by atoms with E-state index < -0.39 is 17.7 Å². The third-order valence-electron chi connectivity index (χ3n) is 4.79. The number of nitrogens with one attached hydrogen (secondary N) is 1. The Kier molecular flexibility index (Phi) is 16.2. The predicted molar refractivity (Wildman–Crippen MR) is 144 cm³/mol. The van der Waals surface area contributed by atoms with Crippen LogP contribution < -0.4 is 5.32 Å². The molecule has 0 saturated heterocycles. The van der Waals surface area contributed by atoms with Crippen molar-refractivity contribution in [3.8, 4) is 0 Å². The summed E-state index contributed by atoms with van der Waals surface area (Å²) >= 11 is 2.25. The summed E-state index contributed by atoms with van der Waals surface area (Å²) in [7, 11) is 0. The molecular weight excluding hydrogens is 622 g/mol. The summed E-state index contributed by atoms with van der Waals surface area (Å²) in [6.45, 7) is 4.59. The van der Waals surface area contributed by atoms with E-state index in [4.69, 9.17) is 28.4 Å². The first-order valence-electron chi connectivity index (χ1n) is 12.1. The lowest BCUT2D eigenvalue weighted by Crippen LogP contribution is -2.15. The highest BCUT2D eigenvalue weighted by atomic mass is 127. The van der Waals surface area contributed by atoms with Crippen molar-refractivity contribution in [2.24, 2.45) is 0 Å². The van der Waals surface area contributed by atoms with Gasteiger partial charge in [0.05, 0.1) is 82.9 Å². The number of alkyl halides is 4. The maximum atomic E-state index is 13.0. The van der Waals surface area contributed by atoms with E-state index in [2.05, 4.69) is 27.9 Å². The van der Waals surface area contributed by atoms with Crippen LogP contribution in [0.1, 0.15) is 15.9 Å². The lowest BCUT2D eigenvalue weighted by Gasteiger charge is -2.13. The summed E-state index contributed by atoms with van der Waals surface area (Å²) in [4.78, 5) is 12.5. The number of carbonyl (C=O) groups is 1. The van der Waals surface area contributed by atoms with Crippen molar-refractivity contribution >= 4 is 39.9 Å². The van der Waals surface area contributed by atoms with Gasteiger partial charge < -0.3 is 33.7 Å². The summed E-state index contributed by atoms with van der Waals surface area (Å²) in [5.74, 6) is -0.616. The Morgan fingerprint density at radius 2 is 1.24 bits per heavy atom. The summed E-state index contributed by atoms with van der Waals surface area (Å²) < 4.78 is 72.0. The number of rotatable bonds is 20. The van der Waals surface area contributed by atoms with Gasteiger partial charge in [0, 0.05) is 10.1 Å². The number of esters is 1. The number of para-hydroxylation sites is 1. The second kappa shape index (κ2) is 19.1. The number of halogens is 4. The van der Waals surface area contributed by atoms with Crippen LogP contribution in [0.25, 0.3) is 0 Å². The molecule has 0 aromatic heterocycles. The third-order valence-corrected chi connectivity index (χ3v) is 5.23. The average molecular weight is 655 g/mol. The number of hydrogen-bond acceptors (Lipinski definition) is 8. The highest BCUT2D eigenvalue weighted by molar-refractivity contribution is 14.1. The van der Waals surface area contributed by atoms with Crippen molar-refractivity contribution in [1.82, 2.24) is 0 Å². The number of benzene rings is 2. The first kappa shape index (κ1) is 32.2. The second-order valence-corrected chi connectivity index (χ2v) is 8.71. The van der Waals surface area contributed by atoms with E-state index in [9.17, 15) is 18.0 Å². The minimum Gasteiger partial charge on any atom is -0.460 e. The summed E-state index contributed by atoms with van der Waals surface area (Å²) in [5, 5.41) is 2.85. The second-order valence-electron chi connectivity index (χ2n) is 7.64. The zero-order chi connectivity index (χ0) is 27.5.